The van der Waals surface area contributed by atoms with Gasteiger partial charge in [-0.05, 0) is 37.8 Å². The van der Waals surface area contributed by atoms with Crippen molar-refractivity contribution >= 4 is 34.8 Å². The summed E-state index contributed by atoms with van der Waals surface area (Å²) in [5, 5.41) is 13.8. The first-order valence-corrected chi connectivity index (χ1v) is 11.6. The molecule has 1 unspecified atom stereocenters. The number of nitrogens with one attached hydrogen (secondary N) is 3. The molecule has 0 spiro atoms. The normalized spacial score (nSPS) is 22.4. The minimum atomic E-state index is -0.411. The number of fused-ring (bicyclic) bond motifs is 1. The van der Waals surface area contributed by atoms with Gasteiger partial charge in [-0.15, -0.1) is 0 Å². The molecule has 2 amide bonds. The van der Waals surface area contributed by atoms with Crippen molar-refractivity contribution in [3.05, 3.63) is 48.2 Å². The fourth-order valence-electron chi connectivity index (χ4n) is 4.59. The Morgan fingerprint density at radius 3 is 2.71 bits per heavy atom. The molecule has 3 atom stereocenters. The van der Waals surface area contributed by atoms with Gasteiger partial charge in [0, 0.05) is 32.5 Å². The van der Waals surface area contributed by atoms with Crippen LogP contribution in [-0.4, -0.2) is 65.3 Å². The molecule has 10 nitrogen and oxygen atoms in total. The lowest BCUT2D eigenvalue weighted by Gasteiger charge is -2.35. The molecule has 3 N–H and O–H groups in total. The molecular formula is C24H29N7O3. The molecule has 1 saturated carbocycles. The summed E-state index contributed by atoms with van der Waals surface area (Å²) in [7, 11) is 3.43. The lowest BCUT2D eigenvalue weighted by molar-refractivity contribution is -0.120. The molecule has 1 aliphatic heterocycles. The average Bonchev–Trinajstić information content (AvgIpc) is 3.27. The maximum atomic E-state index is 13.2. The van der Waals surface area contributed by atoms with Gasteiger partial charge in [-0.25, -0.2) is 4.98 Å². The number of anilines is 3. The molecule has 1 aromatic carbocycles. The molecular weight excluding hydrogens is 434 g/mol. The topological polar surface area (TPSA) is 113 Å². The third-order valence-corrected chi connectivity index (χ3v) is 6.63. The fourth-order valence-corrected chi connectivity index (χ4v) is 4.59. The van der Waals surface area contributed by atoms with Crippen LogP contribution < -0.4 is 20.9 Å². The second-order valence-corrected chi connectivity index (χ2v) is 8.67. The molecule has 2 aromatic heterocycles. The lowest BCUT2D eigenvalue weighted by atomic mass is 9.89. The predicted molar refractivity (Wildman–Crippen MR) is 129 cm³/mol. The van der Waals surface area contributed by atoms with E-state index in [4.69, 9.17) is 4.74 Å². The summed E-state index contributed by atoms with van der Waals surface area (Å²) < 4.78 is 6.98. The molecule has 0 radical (unpaired) electrons. The van der Waals surface area contributed by atoms with Gasteiger partial charge in [-0.2, -0.15) is 9.61 Å². The number of carbonyl (C=O) groups is 2. The number of ether oxygens (including phenoxy) is 1. The molecule has 34 heavy (non-hydrogen) atoms. The number of amides is 2. The third kappa shape index (κ3) is 4.05. The van der Waals surface area contributed by atoms with Crippen LogP contribution in [0.4, 0.5) is 17.3 Å². The first-order chi connectivity index (χ1) is 16.6. The molecule has 178 valence electrons. The van der Waals surface area contributed by atoms with Crippen molar-refractivity contribution in [3.63, 3.8) is 0 Å². The summed E-state index contributed by atoms with van der Waals surface area (Å²) in [5.74, 6) is 0.941. The minimum absolute atomic E-state index is 0.00666. The van der Waals surface area contributed by atoms with E-state index >= 15 is 0 Å². The number of benzene rings is 1. The van der Waals surface area contributed by atoms with E-state index < -0.39 is 6.04 Å². The van der Waals surface area contributed by atoms with Crippen LogP contribution in [-0.2, 0) is 9.53 Å². The van der Waals surface area contributed by atoms with E-state index in [0.29, 0.717) is 35.8 Å². The quantitative estimate of drug-likeness (QED) is 0.493. The molecule has 0 bridgehead atoms. The number of piperidine rings is 1. The summed E-state index contributed by atoms with van der Waals surface area (Å²) in [6, 6.07) is 11.0. The van der Waals surface area contributed by atoms with Gasteiger partial charge in [0.25, 0.3) is 5.91 Å². The molecule has 1 aliphatic carbocycles. The zero-order valence-electron chi connectivity index (χ0n) is 19.3. The molecule has 3 aromatic rings. The number of hydrogen-bond donors (Lipinski definition) is 3. The third-order valence-electron chi connectivity index (χ3n) is 6.63. The van der Waals surface area contributed by atoms with E-state index in [1.807, 2.05) is 30.3 Å². The second kappa shape index (κ2) is 9.30. The van der Waals surface area contributed by atoms with Crippen LogP contribution in [0, 0.1) is 0 Å². The summed E-state index contributed by atoms with van der Waals surface area (Å²) in [6.07, 6.45) is 4.95. The molecule has 2 aliphatic rings. The van der Waals surface area contributed by atoms with Crippen molar-refractivity contribution in [2.24, 2.45) is 0 Å². The van der Waals surface area contributed by atoms with E-state index in [0.717, 1.165) is 24.9 Å². The van der Waals surface area contributed by atoms with Gasteiger partial charge >= 0.3 is 0 Å². The van der Waals surface area contributed by atoms with Crippen LogP contribution >= 0.6 is 0 Å². The van der Waals surface area contributed by atoms with Crippen molar-refractivity contribution in [2.75, 3.05) is 36.2 Å². The van der Waals surface area contributed by atoms with E-state index in [1.54, 1.807) is 29.6 Å². The predicted octanol–water partition coefficient (Wildman–Crippen LogP) is 2.29. The SMILES string of the molecule is CNc1cc(NC2CCCN(c3ccccc3)C2=O)nc2c(C(=O)N[C@@H]3CC[C@H]3OC)cnn12. The van der Waals surface area contributed by atoms with Gasteiger partial charge in [0.2, 0.25) is 5.91 Å². The Bertz CT molecular complexity index is 1190. The van der Waals surface area contributed by atoms with Crippen LogP contribution in [0.3, 0.4) is 0 Å². The molecule has 2 fully saturated rings. The fraction of sp³-hybridized carbons (Fsp3) is 0.417. The van der Waals surface area contributed by atoms with Gasteiger partial charge in [0.05, 0.1) is 18.3 Å². The Morgan fingerprint density at radius 1 is 1.18 bits per heavy atom. The number of hydrogen-bond acceptors (Lipinski definition) is 7. The Balaban J connectivity index is 1.39. The van der Waals surface area contributed by atoms with Crippen LogP contribution in [0.25, 0.3) is 5.65 Å². The summed E-state index contributed by atoms with van der Waals surface area (Å²) in [5.41, 5.74) is 1.68. The van der Waals surface area contributed by atoms with Crippen molar-refractivity contribution in [2.45, 2.75) is 43.9 Å². The molecule has 10 heteroatoms. The van der Waals surface area contributed by atoms with Gasteiger partial charge in [-0.1, -0.05) is 18.2 Å². The Morgan fingerprint density at radius 2 is 2.00 bits per heavy atom. The summed E-state index contributed by atoms with van der Waals surface area (Å²) in [4.78, 5) is 32.7. The number of para-hydroxylation sites is 1. The van der Waals surface area contributed by atoms with E-state index in [2.05, 4.69) is 26.0 Å². The standard InChI is InChI=1S/C24H29N7O3/c1-25-21-13-20(27-18-9-6-12-30(24(18)33)15-7-4-3-5-8-15)29-22-16(14-26-31(21)22)23(32)28-17-10-11-19(17)34-2/h3-5,7-8,13-14,17-19,25H,6,9-12H2,1-2H3,(H,27,29)(H,28,32)/t17-,18?,19-/m1/s1. The highest BCUT2D eigenvalue weighted by molar-refractivity contribution is 6.01. The van der Waals surface area contributed by atoms with Crippen LogP contribution in [0.5, 0.6) is 0 Å². The number of aromatic nitrogens is 3. The van der Waals surface area contributed by atoms with Crippen molar-refractivity contribution in [1.82, 2.24) is 19.9 Å². The number of carbonyl (C=O) groups excluding carboxylic acids is 2. The smallest absolute Gasteiger partial charge is 0.257 e. The summed E-state index contributed by atoms with van der Waals surface area (Å²) in [6.45, 7) is 0.686. The first-order valence-electron chi connectivity index (χ1n) is 11.6. The number of methoxy groups -OCH3 is 1. The Hall–Kier alpha value is -3.66. The first kappa shape index (κ1) is 22.1. The Labute approximate surface area is 197 Å². The van der Waals surface area contributed by atoms with Crippen molar-refractivity contribution in [3.8, 4) is 0 Å². The van der Waals surface area contributed by atoms with Crippen LogP contribution in [0.1, 0.15) is 36.0 Å². The van der Waals surface area contributed by atoms with Gasteiger partial charge in [0.1, 0.15) is 23.2 Å². The highest BCUT2D eigenvalue weighted by Crippen LogP contribution is 2.26. The monoisotopic (exact) mass is 463 g/mol. The molecule has 1 saturated heterocycles. The van der Waals surface area contributed by atoms with Crippen molar-refractivity contribution in [1.29, 1.82) is 0 Å². The van der Waals surface area contributed by atoms with Crippen LogP contribution in [0.2, 0.25) is 0 Å². The largest absolute Gasteiger partial charge is 0.379 e. The van der Waals surface area contributed by atoms with Gasteiger partial charge in [-0.3, -0.25) is 9.59 Å². The zero-order valence-corrected chi connectivity index (χ0v) is 19.3. The van der Waals surface area contributed by atoms with E-state index in [1.165, 1.54) is 6.20 Å². The van der Waals surface area contributed by atoms with E-state index in [9.17, 15) is 9.59 Å². The highest BCUT2D eigenvalue weighted by atomic mass is 16.5. The maximum Gasteiger partial charge on any atom is 0.257 e. The molecule has 3 heterocycles. The van der Waals surface area contributed by atoms with Crippen molar-refractivity contribution < 1.29 is 14.3 Å². The van der Waals surface area contributed by atoms with E-state index in [-0.39, 0.29) is 24.0 Å². The highest BCUT2D eigenvalue weighted by Gasteiger charge is 2.33. The zero-order chi connectivity index (χ0) is 23.7. The van der Waals surface area contributed by atoms with Gasteiger partial charge in [0.15, 0.2) is 5.65 Å². The van der Waals surface area contributed by atoms with Gasteiger partial charge < -0.3 is 25.6 Å². The minimum Gasteiger partial charge on any atom is -0.379 e. The lowest BCUT2D eigenvalue weighted by Crippen LogP contribution is -2.51. The summed E-state index contributed by atoms with van der Waals surface area (Å²) >= 11 is 0. The number of nitrogens with zero attached hydrogens (tertiary/aromatic N) is 4. The average molecular weight is 464 g/mol. The Kier molecular flexibility index (Phi) is 6.06. The second-order valence-electron chi connectivity index (χ2n) is 8.67. The molecule has 5 rings (SSSR count). The number of rotatable bonds is 7. The van der Waals surface area contributed by atoms with Crippen LogP contribution in [0.15, 0.2) is 42.6 Å². The maximum absolute atomic E-state index is 13.2.